The highest BCUT2D eigenvalue weighted by atomic mass is 79.9. The third-order valence-corrected chi connectivity index (χ3v) is 6.36. The molecule has 1 aromatic heterocycles. The van der Waals surface area contributed by atoms with Gasteiger partial charge in [-0.15, -0.1) is 11.3 Å². The smallest absolute Gasteiger partial charge is 0.269 e. The largest absolute Gasteiger partial charge is 0.464 e. The molecule has 0 aliphatic carbocycles. The summed E-state index contributed by atoms with van der Waals surface area (Å²) < 4.78 is 7.28. The summed E-state index contributed by atoms with van der Waals surface area (Å²) in [5.74, 6) is 0.815. The first-order valence-electron chi connectivity index (χ1n) is 8.70. The fourth-order valence-electron chi connectivity index (χ4n) is 3.63. The molecule has 0 N–H and O–H groups in total. The number of halogens is 1. The molecule has 5 rings (SSSR count). The Kier molecular flexibility index (Phi) is 4.17. The molecule has 28 heavy (non-hydrogen) atoms. The Morgan fingerprint density at radius 1 is 1.21 bits per heavy atom. The van der Waals surface area contributed by atoms with Crippen LogP contribution < -0.4 is 4.74 Å². The van der Waals surface area contributed by atoms with Gasteiger partial charge >= 0.3 is 0 Å². The topological polar surface area (TPSA) is 68.0 Å². The molecule has 0 bridgehead atoms. The van der Waals surface area contributed by atoms with Gasteiger partial charge in [-0.2, -0.15) is 5.10 Å². The van der Waals surface area contributed by atoms with Gasteiger partial charge in [0, 0.05) is 34.2 Å². The van der Waals surface area contributed by atoms with Gasteiger partial charge in [-0.3, -0.25) is 10.1 Å². The first-order chi connectivity index (χ1) is 13.6. The Labute approximate surface area is 173 Å². The van der Waals surface area contributed by atoms with Crippen LogP contribution in [0.1, 0.15) is 34.7 Å². The van der Waals surface area contributed by atoms with E-state index in [-0.39, 0.29) is 11.7 Å². The summed E-state index contributed by atoms with van der Waals surface area (Å²) >= 11 is 5.22. The SMILES string of the molecule is O=[N+]([O-])c1ccc([C@@H]2Oc3ccc(Br)cc3[C@@H]3CC(c4cccs4)=NN32)cc1. The van der Waals surface area contributed by atoms with E-state index in [1.807, 2.05) is 28.6 Å². The highest BCUT2D eigenvalue weighted by Gasteiger charge is 2.41. The number of hydrazone groups is 1. The highest BCUT2D eigenvalue weighted by Crippen LogP contribution is 2.48. The van der Waals surface area contributed by atoms with E-state index in [0.29, 0.717) is 0 Å². The Morgan fingerprint density at radius 3 is 2.75 bits per heavy atom. The van der Waals surface area contributed by atoms with E-state index in [2.05, 4.69) is 28.1 Å². The lowest BCUT2D eigenvalue weighted by Gasteiger charge is -2.38. The van der Waals surface area contributed by atoms with Crippen molar-refractivity contribution in [3.63, 3.8) is 0 Å². The van der Waals surface area contributed by atoms with E-state index in [0.717, 1.165) is 38.4 Å². The lowest BCUT2D eigenvalue weighted by molar-refractivity contribution is -0.384. The summed E-state index contributed by atoms with van der Waals surface area (Å²) in [5.41, 5.74) is 3.01. The zero-order valence-electron chi connectivity index (χ0n) is 14.5. The number of thiophene rings is 1. The van der Waals surface area contributed by atoms with Gasteiger partial charge < -0.3 is 4.74 Å². The van der Waals surface area contributed by atoms with Crippen LogP contribution in [0, 0.1) is 10.1 Å². The molecule has 3 heterocycles. The molecule has 0 unspecified atom stereocenters. The highest BCUT2D eigenvalue weighted by molar-refractivity contribution is 9.10. The molecule has 0 amide bonds. The van der Waals surface area contributed by atoms with Crippen molar-refractivity contribution in [3.05, 3.63) is 90.6 Å². The number of benzene rings is 2. The molecule has 6 nitrogen and oxygen atoms in total. The van der Waals surface area contributed by atoms with Crippen LogP contribution in [0.15, 0.2) is 69.6 Å². The Bertz CT molecular complexity index is 1080. The maximum absolute atomic E-state index is 11.0. The number of nitro benzene ring substituents is 1. The van der Waals surface area contributed by atoms with Gasteiger partial charge in [-0.05, 0) is 41.8 Å². The molecule has 0 fully saturated rings. The zero-order valence-corrected chi connectivity index (χ0v) is 16.9. The van der Waals surface area contributed by atoms with Crippen LogP contribution in [0.2, 0.25) is 0 Å². The van der Waals surface area contributed by atoms with Crippen LogP contribution in [-0.4, -0.2) is 15.6 Å². The van der Waals surface area contributed by atoms with Gasteiger partial charge in [0.1, 0.15) is 5.75 Å². The third kappa shape index (κ3) is 2.89. The van der Waals surface area contributed by atoms with E-state index < -0.39 is 11.2 Å². The molecule has 0 radical (unpaired) electrons. The second kappa shape index (κ2) is 6.72. The minimum atomic E-state index is -0.433. The van der Waals surface area contributed by atoms with Gasteiger partial charge in [0.05, 0.1) is 21.6 Å². The van der Waals surface area contributed by atoms with Gasteiger partial charge in [-0.25, -0.2) is 5.01 Å². The normalized spacial score (nSPS) is 20.2. The van der Waals surface area contributed by atoms with E-state index in [1.54, 1.807) is 23.5 Å². The lowest BCUT2D eigenvalue weighted by Crippen LogP contribution is -2.33. The quantitative estimate of drug-likeness (QED) is 0.377. The molecule has 140 valence electrons. The Morgan fingerprint density at radius 2 is 2.04 bits per heavy atom. The minimum absolute atomic E-state index is 0.0542. The number of fused-ring (bicyclic) bond motifs is 3. The lowest BCUT2D eigenvalue weighted by atomic mass is 9.97. The second-order valence-corrected chi connectivity index (χ2v) is 8.49. The van der Waals surface area contributed by atoms with Gasteiger partial charge in [0.25, 0.3) is 5.69 Å². The second-order valence-electron chi connectivity index (χ2n) is 6.62. The van der Waals surface area contributed by atoms with E-state index in [4.69, 9.17) is 9.84 Å². The minimum Gasteiger partial charge on any atom is -0.464 e. The summed E-state index contributed by atoms with van der Waals surface area (Å²) in [5, 5.41) is 19.9. The number of ether oxygens (including phenoxy) is 1. The molecule has 3 aromatic rings. The number of hydrogen-bond acceptors (Lipinski definition) is 6. The number of nitrogens with zero attached hydrogens (tertiary/aromatic N) is 3. The average molecular weight is 456 g/mol. The van der Waals surface area contributed by atoms with Gasteiger partial charge in [-0.1, -0.05) is 22.0 Å². The van der Waals surface area contributed by atoms with Crippen molar-refractivity contribution >= 4 is 38.7 Å². The molecular weight excluding hydrogens is 442 g/mol. The first-order valence-corrected chi connectivity index (χ1v) is 10.4. The fraction of sp³-hybridized carbons (Fsp3) is 0.150. The molecule has 0 saturated carbocycles. The fourth-order valence-corrected chi connectivity index (χ4v) is 4.73. The number of non-ortho nitro benzene ring substituents is 1. The summed E-state index contributed by atoms with van der Waals surface area (Å²) in [6.07, 6.45) is 0.355. The third-order valence-electron chi connectivity index (χ3n) is 4.95. The van der Waals surface area contributed by atoms with Gasteiger partial charge in [0.2, 0.25) is 6.23 Å². The number of rotatable bonds is 3. The van der Waals surface area contributed by atoms with Crippen LogP contribution in [-0.2, 0) is 0 Å². The predicted molar refractivity (Wildman–Crippen MR) is 111 cm³/mol. The van der Waals surface area contributed by atoms with Crippen molar-refractivity contribution in [2.24, 2.45) is 5.10 Å². The maximum Gasteiger partial charge on any atom is 0.269 e. The Balaban J connectivity index is 1.58. The predicted octanol–water partition coefficient (Wildman–Crippen LogP) is 5.66. The van der Waals surface area contributed by atoms with Crippen molar-refractivity contribution in [2.75, 3.05) is 0 Å². The van der Waals surface area contributed by atoms with Crippen LogP contribution in [0.25, 0.3) is 0 Å². The molecule has 2 aliphatic heterocycles. The first kappa shape index (κ1) is 17.4. The maximum atomic E-state index is 11.0. The van der Waals surface area contributed by atoms with E-state index in [1.165, 1.54) is 12.1 Å². The summed E-state index contributed by atoms with van der Waals surface area (Å²) in [7, 11) is 0. The van der Waals surface area contributed by atoms with E-state index in [9.17, 15) is 10.1 Å². The monoisotopic (exact) mass is 455 g/mol. The standard InChI is InChI=1S/C20H14BrN3O3S/c21-13-5-8-18-15(10-13)17-11-16(19-2-1-9-28-19)22-23(17)20(27-18)12-3-6-14(7-4-12)24(25)26/h1-10,17,20H,11H2/t17-,20-/m0/s1. The number of nitro groups is 1. The number of hydrogen-bond donors (Lipinski definition) is 0. The van der Waals surface area contributed by atoms with Gasteiger partial charge in [0.15, 0.2) is 0 Å². The molecule has 2 atom stereocenters. The molecule has 8 heteroatoms. The van der Waals surface area contributed by atoms with Crippen LogP contribution in [0.4, 0.5) is 5.69 Å². The molecule has 0 spiro atoms. The van der Waals surface area contributed by atoms with Crippen molar-refractivity contribution in [1.82, 2.24) is 5.01 Å². The van der Waals surface area contributed by atoms with E-state index >= 15 is 0 Å². The summed E-state index contributed by atoms with van der Waals surface area (Å²) in [6, 6.07) is 16.6. The van der Waals surface area contributed by atoms with Crippen molar-refractivity contribution in [3.8, 4) is 5.75 Å². The van der Waals surface area contributed by atoms with Crippen molar-refractivity contribution < 1.29 is 9.66 Å². The average Bonchev–Trinajstić information content (AvgIpc) is 3.37. The Hall–Kier alpha value is -2.71. The van der Waals surface area contributed by atoms with Crippen molar-refractivity contribution in [2.45, 2.75) is 18.7 Å². The molecular formula is C20H14BrN3O3S. The van der Waals surface area contributed by atoms with Crippen LogP contribution >= 0.6 is 27.3 Å². The van der Waals surface area contributed by atoms with Crippen LogP contribution in [0.3, 0.4) is 0 Å². The summed E-state index contributed by atoms with van der Waals surface area (Å²) in [6.45, 7) is 0. The summed E-state index contributed by atoms with van der Waals surface area (Å²) in [4.78, 5) is 11.7. The molecule has 0 saturated heterocycles. The molecule has 2 aromatic carbocycles. The zero-order chi connectivity index (χ0) is 19.3. The van der Waals surface area contributed by atoms with Crippen LogP contribution in [0.5, 0.6) is 5.75 Å². The molecule has 2 aliphatic rings. The van der Waals surface area contributed by atoms with Crippen molar-refractivity contribution in [1.29, 1.82) is 0 Å².